The summed E-state index contributed by atoms with van der Waals surface area (Å²) in [5.41, 5.74) is -0.396. The van der Waals surface area contributed by atoms with Gasteiger partial charge in [-0.1, -0.05) is 11.6 Å². The number of ketones is 1. The molecule has 1 aliphatic rings. The number of carbonyl (C=O) groups is 2. The molecule has 160 valence electrons. The number of piperidine rings is 1. The number of hydrogen-bond acceptors (Lipinski definition) is 5. The minimum atomic E-state index is -4.43. The fourth-order valence-electron chi connectivity index (χ4n) is 3.26. The number of anilines is 1. The third-order valence-electron chi connectivity index (χ3n) is 5.02. The summed E-state index contributed by atoms with van der Waals surface area (Å²) in [6.07, 6.45) is -3.62. The Morgan fingerprint density at radius 3 is 2.30 bits per heavy atom. The molecule has 0 N–H and O–H groups in total. The summed E-state index contributed by atoms with van der Waals surface area (Å²) in [5, 5.41) is 0.505. The third-order valence-corrected chi connectivity index (χ3v) is 5.27. The van der Waals surface area contributed by atoms with Crippen molar-refractivity contribution in [3.63, 3.8) is 0 Å². The number of pyridine rings is 1. The number of nitrogens with zero attached hydrogens (tertiary/aromatic N) is 2. The zero-order valence-corrected chi connectivity index (χ0v) is 16.9. The van der Waals surface area contributed by atoms with Crippen LogP contribution in [0.3, 0.4) is 0 Å². The lowest BCUT2D eigenvalue weighted by atomic mass is 9.96. The predicted molar refractivity (Wildman–Crippen MR) is 106 cm³/mol. The van der Waals surface area contributed by atoms with Gasteiger partial charge in [0, 0.05) is 29.9 Å². The molecule has 1 unspecified atom stereocenters. The molecule has 30 heavy (non-hydrogen) atoms. The smallest absolute Gasteiger partial charge is 0.417 e. The van der Waals surface area contributed by atoms with Crippen molar-refractivity contribution in [3.8, 4) is 0 Å². The second-order valence-electron chi connectivity index (χ2n) is 7.11. The van der Waals surface area contributed by atoms with Crippen LogP contribution in [0, 0.1) is 5.92 Å². The molecular formula is C21H20ClF3N2O3. The Balaban J connectivity index is 1.52. The maximum atomic E-state index is 12.7. The molecule has 2 heterocycles. The van der Waals surface area contributed by atoms with E-state index in [1.165, 1.54) is 13.0 Å². The van der Waals surface area contributed by atoms with E-state index in [4.69, 9.17) is 16.3 Å². The number of rotatable bonds is 5. The van der Waals surface area contributed by atoms with E-state index in [9.17, 15) is 22.8 Å². The average molecular weight is 441 g/mol. The second kappa shape index (κ2) is 9.04. The van der Waals surface area contributed by atoms with E-state index >= 15 is 0 Å². The summed E-state index contributed by atoms with van der Waals surface area (Å²) in [6, 6.07) is 8.65. The van der Waals surface area contributed by atoms with E-state index in [0.717, 1.165) is 12.3 Å². The van der Waals surface area contributed by atoms with Crippen LogP contribution in [0.5, 0.6) is 0 Å². The van der Waals surface area contributed by atoms with E-state index < -0.39 is 23.8 Å². The number of carbonyl (C=O) groups excluding carboxylic acids is 2. The van der Waals surface area contributed by atoms with Crippen LogP contribution in [0.4, 0.5) is 19.0 Å². The van der Waals surface area contributed by atoms with Gasteiger partial charge < -0.3 is 9.64 Å². The number of hydrogen-bond donors (Lipinski definition) is 0. The molecule has 5 nitrogen and oxygen atoms in total. The molecule has 0 saturated carbocycles. The van der Waals surface area contributed by atoms with Crippen molar-refractivity contribution in [1.29, 1.82) is 0 Å². The number of benzene rings is 1. The first-order valence-electron chi connectivity index (χ1n) is 9.43. The highest BCUT2D eigenvalue weighted by atomic mass is 35.5. The van der Waals surface area contributed by atoms with Crippen molar-refractivity contribution in [1.82, 2.24) is 4.98 Å². The molecule has 0 bridgehead atoms. The van der Waals surface area contributed by atoms with Gasteiger partial charge in [0.2, 0.25) is 5.78 Å². The molecule has 0 aliphatic carbocycles. The number of ether oxygens (including phenoxy) is 1. The van der Waals surface area contributed by atoms with Gasteiger partial charge >= 0.3 is 12.1 Å². The van der Waals surface area contributed by atoms with Gasteiger partial charge in [-0.3, -0.25) is 9.59 Å². The van der Waals surface area contributed by atoms with E-state index in [2.05, 4.69) is 4.98 Å². The van der Waals surface area contributed by atoms with Crippen LogP contribution in [-0.4, -0.2) is 35.9 Å². The first kappa shape index (κ1) is 22.1. The van der Waals surface area contributed by atoms with Crippen LogP contribution in [-0.2, 0) is 15.7 Å². The van der Waals surface area contributed by atoms with Crippen LogP contribution in [0.25, 0.3) is 0 Å². The van der Waals surface area contributed by atoms with Crippen LogP contribution in [0.2, 0.25) is 5.02 Å². The molecule has 1 aliphatic heterocycles. The minimum absolute atomic E-state index is 0.314. The number of alkyl halides is 3. The maximum absolute atomic E-state index is 12.7. The maximum Gasteiger partial charge on any atom is 0.417 e. The van der Waals surface area contributed by atoms with Gasteiger partial charge in [-0.2, -0.15) is 13.2 Å². The number of halogens is 4. The standard InChI is InChI=1S/C21H20ClF3N2O3/c1-13(19(28)14-2-5-17(22)6-3-14)30-20(29)15-8-10-27(11-9-15)18-7-4-16(12-26-18)21(23,24)25/h2-7,12-13,15H,8-11H2,1H3. The lowest BCUT2D eigenvalue weighted by molar-refractivity contribution is -0.152. The molecular weight excluding hydrogens is 421 g/mol. The van der Waals surface area contributed by atoms with E-state index in [0.29, 0.717) is 42.3 Å². The average Bonchev–Trinajstić information content (AvgIpc) is 2.73. The fourth-order valence-corrected chi connectivity index (χ4v) is 3.38. The summed E-state index contributed by atoms with van der Waals surface area (Å²) in [4.78, 5) is 30.5. The Morgan fingerprint density at radius 1 is 1.13 bits per heavy atom. The molecule has 1 atom stereocenters. The highest BCUT2D eigenvalue weighted by Crippen LogP contribution is 2.30. The van der Waals surface area contributed by atoms with Gasteiger partial charge in [0.15, 0.2) is 6.10 Å². The first-order valence-corrected chi connectivity index (χ1v) is 9.81. The van der Waals surface area contributed by atoms with E-state index in [1.54, 1.807) is 24.3 Å². The Bertz CT molecular complexity index is 893. The third kappa shape index (κ3) is 5.30. The van der Waals surface area contributed by atoms with Gasteiger partial charge in [0.05, 0.1) is 11.5 Å². The van der Waals surface area contributed by atoms with Crippen LogP contribution in [0.1, 0.15) is 35.7 Å². The summed E-state index contributed by atoms with van der Waals surface area (Å²) < 4.78 is 43.3. The molecule has 0 radical (unpaired) electrons. The number of Topliss-reactive ketones (excluding diaryl/α,β-unsaturated/α-hetero) is 1. The Labute approximate surface area is 176 Å². The molecule has 2 aromatic rings. The molecule has 1 fully saturated rings. The fraction of sp³-hybridized carbons (Fsp3) is 0.381. The topological polar surface area (TPSA) is 59.5 Å². The van der Waals surface area contributed by atoms with Gasteiger partial charge in [0.1, 0.15) is 5.82 Å². The largest absolute Gasteiger partial charge is 0.454 e. The van der Waals surface area contributed by atoms with Crippen molar-refractivity contribution in [2.75, 3.05) is 18.0 Å². The van der Waals surface area contributed by atoms with Gasteiger partial charge in [0.25, 0.3) is 0 Å². The number of aromatic nitrogens is 1. The molecule has 1 aromatic heterocycles. The van der Waals surface area contributed by atoms with Crippen molar-refractivity contribution < 1.29 is 27.5 Å². The van der Waals surface area contributed by atoms with Crippen molar-refractivity contribution >= 4 is 29.2 Å². The zero-order chi connectivity index (χ0) is 21.9. The van der Waals surface area contributed by atoms with Gasteiger partial charge in [-0.25, -0.2) is 4.98 Å². The minimum Gasteiger partial charge on any atom is -0.454 e. The van der Waals surface area contributed by atoms with Gasteiger partial charge in [-0.05, 0) is 56.2 Å². The first-order chi connectivity index (χ1) is 14.1. The molecule has 1 aromatic carbocycles. The van der Waals surface area contributed by atoms with Crippen molar-refractivity contribution in [3.05, 3.63) is 58.7 Å². The lowest BCUT2D eigenvalue weighted by Gasteiger charge is -2.32. The number of esters is 1. The summed E-state index contributed by atoms with van der Waals surface area (Å²) in [7, 11) is 0. The van der Waals surface area contributed by atoms with E-state index in [1.807, 2.05) is 4.90 Å². The highest BCUT2D eigenvalue weighted by Gasteiger charge is 2.32. The predicted octanol–water partition coefficient (Wildman–Crippen LogP) is 4.78. The van der Waals surface area contributed by atoms with Crippen LogP contribution in [0.15, 0.2) is 42.6 Å². The molecule has 0 spiro atoms. The summed E-state index contributed by atoms with van der Waals surface area (Å²) in [6.45, 7) is 2.44. The quantitative estimate of drug-likeness (QED) is 0.494. The van der Waals surface area contributed by atoms with E-state index in [-0.39, 0.29) is 11.7 Å². The van der Waals surface area contributed by atoms with Gasteiger partial charge in [-0.15, -0.1) is 0 Å². The molecule has 3 rings (SSSR count). The van der Waals surface area contributed by atoms with Crippen LogP contribution < -0.4 is 4.90 Å². The normalized spacial score (nSPS) is 16.2. The summed E-state index contributed by atoms with van der Waals surface area (Å²) in [5.74, 6) is -0.714. The van der Waals surface area contributed by atoms with Crippen molar-refractivity contribution in [2.45, 2.75) is 32.0 Å². The van der Waals surface area contributed by atoms with Crippen LogP contribution >= 0.6 is 11.6 Å². The molecule has 1 saturated heterocycles. The molecule has 9 heteroatoms. The second-order valence-corrected chi connectivity index (χ2v) is 7.55. The highest BCUT2D eigenvalue weighted by molar-refractivity contribution is 6.30. The Morgan fingerprint density at radius 2 is 1.77 bits per heavy atom. The lowest BCUT2D eigenvalue weighted by Crippen LogP contribution is -2.38. The Kier molecular flexibility index (Phi) is 6.65. The Hall–Kier alpha value is -2.61. The molecule has 0 amide bonds. The monoisotopic (exact) mass is 440 g/mol. The zero-order valence-electron chi connectivity index (χ0n) is 16.2. The van der Waals surface area contributed by atoms with Crippen molar-refractivity contribution in [2.24, 2.45) is 5.92 Å². The SMILES string of the molecule is CC(OC(=O)C1CCN(c2ccc(C(F)(F)F)cn2)CC1)C(=O)c1ccc(Cl)cc1. The summed E-state index contributed by atoms with van der Waals surface area (Å²) >= 11 is 5.81.